The van der Waals surface area contributed by atoms with Crippen LogP contribution in [0.25, 0.3) is 0 Å². The lowest BCUT2D eigenvalue weighted by Crippen LogP contribution is -2.05. The van der Waals surface area contributed by atoms with E-state index in [0.717, 1.165) is 5.56 Å². The van der Waals surface area contributed by atoms with E-state index in [9.17, 15) is 8.78 Å². The molecule has 0 spiro atoms. The topological polar surface area (TPSA) is 9.23 Å². The zero-order chi connectivity index (χ0) is 12.3. The summed E-state index contributed by atoms with van der Waals surface area (Å²) in [7, 11) is 1.50. The molecule has 1 unspecified atom stereocenters. The van der Waals surface area contributed by atoms with Crippen molar-refractivity contribution in [2.75, 3.05) is 7.11 Å². The number of hydrogen-bond acceptors (Lipinski definition) is 1. The van der Waals surface area contributed by atoms with Crippen molar-refractivity contribution in [3.8, 4) is 0 Å². The zero-order valence-electron chi connectivity index (χ0n) is 9.36. The Morgan fingerprint density at radius 1 is 0.941 bits per heavy atom. The third-order valence-corrected chi connectivity index (χ3v) is 2.60. The van der Waals surface area contributed by atoms with Crippen LogP contribution in [0.3, 0.4) is 0 Å². The summed E-state index contributed by atoms with van der Waals surface area (Å²) in [5.41, 5.74) is 1.17. The van der Waals surface area contributed by atoms with E-state index in [1.807, 2.05) is 0 Å². The van der Waals surface area contributed by atoms with E-state index in [4.69, 9.17) is 4.74 Å². The predicted molar refractivity (Wildman–Crippen MR) is 61.7 cm³/mol. The van der Waals surface area contributed by atoms with Crippen molar-refractivity contribution >= 4 is 0 Å². The highest BCUT2D eigenvalue weighted by Crippen LogP contribution is 2.27. The fraction of sp³-hybridized carbons (Fsp3) is 0.143. The molecule has 1 atom stereocenters. The molecule has 0 aliphatic rings. The molecule has 0 aliphatic carbocycles. The van der Waals surface area contributed by atoms with Crippen LogP contribution < -0.4 is 0 Å². The first kappa shape index (κ1) is 11.7. The minimum Gasteiger partial charge on any atom is -0.372 e. The Hall–Kier alpha value is -1.74. The van der Waals surface area contributed by atoms with Gasteiger partial charge in [0.2, 0.25) is 0 Å². The van der Waals surface area contributed by atoms with Crippen LogP contribution in [0.2, 0.25) is 0 Å². The maximum Gasteiger partial charge on any atom is 0.129 e. The number of ether oxygens (including phenoxy) is 1. The maximum atomic E-state index is 13.6. The Morgan fingerprint density at radius 3 is 2.18 bits per heavy atom. The summed E-state index contributed by atoms with van der Waals surface area (Å²) < 4.78 is 31.7. The minimum absolute atomic E-state index is 0.322. The summed E-state index contributed by atoms with van der Waals surface area (Å²) in [5.74, 6) is -0.652. The minimum atomic E-state index is -0.517. The second kappa shape index (κ2) is 5.06. The number of halogens is 2. The lowest BCUT2D eigenvalue weighted by molar-refractivity contribution is 0.133. The molecule has 17 heavy (non-hydrogen) atoms. The van der Waals surface area contributed by atoms with Crippen LogP contribution in [0.15, 0.2) is 48.5 Å². The smallest absolute Gasteiger partial charge is 0.129 e. The lowest BCUT2D eigenvalue weighted by atomic mass is 10.0. The molecule has 0 aliphatic heterocycles. The van der Waals surface area contributed by atoms with Crippen LogP contribution in [-0.2, 0) is 4.74 Å². The van der Waals surface area contributed by atoms with Crippen LogP contribution in [0.4, 0.5) is 8.78 Å². The van der Waals surface area contributed by atoms with Gasteiger partial charge in [-0.15, -0.1) is 0 Å². The van der Waals surface area contributed by atoms with Crippen LogP contribution in [0, 0.1) is 11.6 Å². The van der Waals surface area contributed by atoms with Crippen LogP contribution in [0.1, 0.15) is 17.2 Å². The maximum absolute atomic E-state index is 13.6. The predicted octanol–water partition coefficient (Wildman–Crippen LogP) is 3.70. The van der Waals surface area contributed by atoms with Gasteiger partial charge in [0.25, 0.3) is 0 Å². The Labute approximate surface area is 98.7 Å². The molecule has 88 valence electrons. The van der Waals surface area contributed by atoms with Crippen molar-refractivity contribution < 1.29 is 13.5 Å². The zero-order valence-corrected chi connectivity index (χ0v) is 9.36. The van der Waals surface area contributed by atoms with Crippen molar-refractivity contribution in [3.63, 3.8) is 0 Å². The van der Waals surface area contributed by atoms with Crippen LogP contribution in [0.5, 0.6) is 0 Å². The van der Waals surface area contributed by atoms with Gasteiger partial charge in [0.1, 0.15) is 17.7 Å². The second-order valence-corrected chi connectivity index (χ2v) is 3.69. The van der Waals surface area contributed by atoms with E-state index >= 15 is 0 Å². The summed E-state index contributed by atoms with van der Waals surface area (Å²) in [6.45, 7) is 0. The Morgan fingerprint density at radius 2 is 1.59 bits per heavy atom. The Bertz CT molecular complexity index is 494. The third-order valence-electron chi connectivity index (χ3n) is 2.60. The highest BCUT2D eigenvalue weighted by Gasteiger charge is 2.16. The molecule has 0 N–H and O–H groups in total. The van der Waals surface area contributed by atoms with Crippen LogP contribution >= 0.6 is 0 Å². The van der Waals surface area contributed by atoms with E-state index < -0.39 is 6.10 Å². The first-order valence-corrected chi connectivity index (χ1v) is 5.25. The largest absolute Gasteiger partial charge is 0.372 e. The highest BCUT2D eigenvalue weighted by atomic mass is 19.1. The van der Waals surface area contributed by atoms with Gasteiger partial charge in [-0.25, -0.2) is 8.78 Å². The molecule has 0 radical (unpaired) electrons. The lowest BCUT2D eigenvalue weighted by Gasteiger charge is -2.16. The van der Waals surface area contributed by atoms with E-state index in [0.29, 0.717) is 5.56 Å². The van der Waals surface area contributed by atoms with Gasteiger partial charge in [-0.3, -0.25) is 0 Å². The monoisotopic (exact) mass is 234 g/mol. The first-order chi connectivity index (χ1) is 8.22. The SMILES string of the molecule is COC(c1ccc(F)cc1)c1ccccc1F. The van der Waals surface area contributed by atoms with Gasteiger partial charge in [0.05, 0.1) is 0 Å². The first-order valence-electron chi connectivity index (χ1n) is 5.25. The third kappa shape index (κ3) is 2.50. The van der Waals surface area contributed by atoms with E-state index in [2.05, 4.69) is 0 Å². The van der Waals surface area contributed by atoms with Gasteiger partial charge in [-0.1, -0.05) is 30.3 Å². The van der Waals surface area contributed by atoms with Crippen molar-refractivity contribution in [2.45, 2.75) is 6.10 Å². The molecule has 1 nitrogen and oxygen atoms in total. The number of benzene rings is 2. The quantitative estimate of drug-likeness (QED) is 0.786. The summed E-state index contributed by atoms with van der Waals surface area (Å²) in [5, 5.41) is 0. The second-order valence-electron chi connectivity index (χ2n) is 3.69. The molecular weight excluding hydrogens is 222 g/mol. The van der Waals surface area contributed by atoms with Crippen molar-refractivity contribution in [1.29, 1.82) is 0 Å². The molecular formula is C14H12F2O. The van der Waals surface area contributed by atoms with Crippen molar-refractivity contribution in [2.24, 2.45) is 0 Å². The van der Waals surface area contributed by atoms with Gasteiger partial charge in [0, 0.05) is 12.7 Å². The standard InChI is InChI=1S/C14H12F2O/c1-17-14(10-6-8-11(15)9-7-10)12-4-2-3-5-13(12)16/h2-9,14H,1H3. The van der Waals surface area contributed by atoms with Crippen LogP contribution in [-0.4, -0.2) is 7.11 Å². The molecule has 0 amide bonds. The molecule has 0 aromatic heterocycles. The molecule has 0 fully saturated rings. The van der Waals surface area contributed by atoms with Gasteiger partial charge < -0.3 is 4.74 Å². The number of hydrogen-bond donors (Lipinski definition) is 0. The normalized spacial score (nSPS) is 12.4. The van der Waals surface area contributed by atoms with E-state index in [1.165, 1.54) is 25.3 Å². The summed E-state index contributed by atoms with van der Waals surface area (Å²) in [6, 6.07) is 12.3. The Balaban J connectivity index is 2.40. The molecule has 2 aromatic rings. The van der Waals surface area contributed by atoms with E-state index in [1.54, 1.807) is 30.3 Å². The van der Waals surface area contributed by atoms with E-state index in [-0.39, 0.29) is 11.6 Å². The highest BCUT2D eigenvalue weighted by molar-refractivity contribution is 5.31. The summed E-state index contributed by atoms with van der Waals surface area (Å²) >= 11 is 0. The van der Waals surface area contributed by atoms with Gasteiger partial charge in [0.15, 0.2) is 0 Å². The summed E-state index contributed by atoms with van der Waals surface area (Å²) in [6.07, 6.45) is -0.517. The molecule has 0 bridgehead atoms. The fourth-order valence-corrected chi connectivity index (χ4v) is 1.77. The van der Waals surface area contributed by atoms with Gasteiger partial charge in [-0.05, 0) is 23.8 Å². The number of methoxy groups -OCH3 is 1. The average Bonchev–Trinajstić information content (AvgIpc) is 2.35. The number of rotatable bonds is 3. The van der Waals surface area contributed by atoms with Crippen molar-refractivity contribution in [1.82, 2.24) is 0 Å². The molecule has 0 saturated heterocycles. The fourth-order valence-electron chi connectivity index (χ4n) is 1.77. The van der Waals surface area contributed by atoms with Gasteiger partial charge in [-0.2, -0.15) is 0 Å². The van der Waals surface area contributed by atoms with Crippen molar-refractivity contribution in [3.05, 3.63) is 71.3 Å². The Kier molecular flexibility index (Phi) is 3.49. The van der Waals surface area contributed by atoms with Gasteiger partial charge >= 0.3 is 0 Å². The molecule has 3 heteroatoms. The molecule has 0 saturated carbocycles. The molecule has 2 rings (SSSR count). The summed E-state index contributed by atoms with van der Waals surface area (Å²) in [4.78, 5) is 0. The molecule has 0 heterocycles. The molecule has 2 aromatic carbocycles. The average molecular weight is 234 g/mol.